The molecule has 3 nitrogen and oxygen atoms in total. The molecular formula is C14H17N3. The first kappa shape index (κ1) is 11.5. The number of nitrogen functional groups attached to an aromatic ring is 1. The molecule has 0 bridgehead atoms. The van der Waals surface area contributed by atoms with Gasteiger partial charge < -0.3 is 11.1 Å². The van der Waals surface area contributed by atoms with E-state index in [-0.39, 0.29) is 0 Å². The summed E-state index contributed by atoms with van der Waals surface area (Å²) in [4.78, 5) is 4.25. The normalized spacial score (nSPS) is 10.2. The van der Waals surface area contributed by atoms with Gasteiger partial charge in [0.2, 0.25) is 0 Å². The molecule has 2 aromatic rings. The van der Waals surface area contributed by atoms with Crippen LogP contribution in [0.5, 0.6) is 0 Å². The Hall–Kier alpha value is -2.03. The number of pyridine rings is 1. The molecule has 0 radical (unpaired) electrons. The van der Waals surface area contributed by atoms with Crippen molar-refractivity contribution in [3.63, 3.8) is 0 Å². The second kappa shape index (κ2) is 4.87. The van der Waals surface area contributed by atoms with E-state index in [0.29, 0.717) is 0 Å². The van der Waals surface area contributed by atoms with Crippen molar-refractivity contribution in [3.8, 4) is 0 Å². The molecule has 3 N–H and O–H groups in total. The Morgan fingerprint density at radius 3 is 2.65 bits per heavy atom. The van der Waals surface area contributed by atoms with Crippen molar-refractivity contribution in [3.05, 3.63) is 53.2 Å². The van der Waals surface area contributed by atoms with Crippen molar-refractivity contribution < 1.29 is 0 Å². The van der Waals surface area contributed by atoms with Crippen molar-refractivity contribution in [2.45, 2.75) is 20.4 Å². The van der Waals surface area contributed by atoms with Crippen LogP contribution in [0.3, 0.4) is 0 Å². The third-order valence-electron chi connectivity index (χ3n) is 2.87. The van der Waals surface area contributed by atoms with Crippen LogP contribution in [0, 0.1) is 13.8 Å². The second-order valence-electron chi connectivity index (χ2n) is 4.21. The summed E-state index contributed by atoms with van der Waals surface area (Å²) < 4.78 is 0. The zero-order valence-electron chi connectivity index (χ0n) is 10.2. The summed E-state index contributed by atoms with van der Waals surface area (Å²) >= 11 is 0. The van der Waals surface area contributed by atoms with Gasteiger partial charge in [-0.2, -0.15) is 0 Å². The Bertz CT molecular complexity index is 521. The number of anilines is 2. The fraction of sp³-hybridized carbons (Fsp3) is 0.214. The summed E-state index contributed by atoms with van der Waals surface area (Å²) in [6.45, 7) is 4.87. The van der Waals surface area contributed by atoms with Gasteiger partial charge in [0.25, 0.3) is 0 Å². The minimum absolute atomic E-state index is 0.728. The predicted octanol–water partition coefficient (Wildman–Crippen LogP) is 2.89. The highest BCUT2D eigenvalue weighted by molar-refractivity contribution is 5.51. The third kappa shape index (κ3) is 2.75. The van der Waals surface area contributed by atoms with E-state index in [2.05, 4.69) is 29.4 Å². The van der Waals surface area contributed by atoms with E-state index in [1.54, 1.807) is 6.20 Å². The fourth-order valence-electron chi connectivity index (χ4n) is 1.66. The van der Waals surface area contributed by atoms with Crippen LogP contribution in [-0.4, -0.2) is 4.98 Å². The van der Waals surface area contributed by atoms with E-state index in [0.717, 1.165) is 23.6 Å². The van der Waals surface area contributed by atoms with E-state index in [9.17, 15) is 0 Å². The van der Waals surface area contributed by atoms with E-state index in [1.807, 2.05) is 25.1 Å². The van der Waals surface area contributed by atoms with Crippen LogP contribution in [0.25, 0.3) is 0 Å². The summed E-state index contributed by atoms with van der Waals surface area (Å²) in [7, 11) is 0. The van der Waals surface area contributed by atoms with E-state index < -0.39 is 0 Å². The number of aryl methyl sites for hydroxylation is 2. The van der Waals surface area contributed by atoms with Crippen LogP contribution < -0.4 is 11.1 Å². The number of nitrogens with zero attached hydrogens (tertiary/aromatic N) is 1. The van der Waals surface area contributed by atoms with Crippen molar-refractivity contribution in [2.24, 2.45) is 0 Å². The van der Waals surface area contributed by atoms with Crippen LogP contribution in [-0.2, 0) is 6.54 Å². The molecule has 0 saturated heterocycles. The Morgan fingerprint density at radius 2 is 1.94 bits per heavy atom. The molecule has 88 valence electrons. The highest BCUT2D eigenvalue weighted by Gasteiger charge is 2.00. The molecule has 1 heterocycles. The zero-order chi connectivity index (χ0) is 12.3. The van der Waals surface area contributed by atoms with Crippen LogP contribution in [0.4, 0.5) is 11.5 Å². The van der Waals surface area contributed by atoms with Crippen molar-refractivity contribution in [1.29, 1.82) is 0 Å². The standard InChI is InChI=1S/C14H17N3/c1-10-5-3-4-6-12(10)8-16-14-7-11(2)13(15)9-17-14/h3-7,9H,8,15H2,1-2H3,(H,16,17). The van der Waals surface area contributed by atoms with Crippen LogP contribution in [0.15, 0.2) is 36.5 Å². The van der Waals surface area contributed by atoms with Crippen LogP contribution in [0.1, 0.15) is 16.7 Å². The van der Waals surface area contributed by atoms with Crippen molar-refractivity contribution in [2.75, 3.05) is 11.1 Å². The molecule has 1 aromatic heterocycles. The predicted molar refractivity (Wildman–Crippen MR) is 71.9 cm³/mol. The Balaban J connectivity index is 2.08. The first-order valence-corrected chi connectivity index (χ1v) is 5.67. The maximum Gasteiger partial charge on any atom is 0.126 e. The molecule has 0 atom stereocenters. The molecule has 1 aromatic carbocycles. The summed E-state index contributed by atoms with van der Waals surface area (Å²) in [6, 6.07) is 10.3. The smallest absolute Gasteiger partial charge is 0.126 e. The third-order valence-corrected chi connectivity index (χ3v) is 2.87. The molecule has 0 saturated carbocycles. The number of hydrogen-bond donors (Lipinski definition) is 2. The summed E-state index contributed by atoms with van der Waals surface area (Å²) in [5, 5.41) is 3.30. The molecule has 0 spiro atoms. The average molecular weight is 227 g/mol. The highest BCUT2D eigenvalue weighted by atomic mass is 15.0. The molecule has 17 heavy (non-hydrogen) atoms. The molecule has 3 heteroatoms. The monoisotopic (exact) mass is 227 g/mol. The maximum atomic E-state index is 5.73. The Labute approximate surface area is 102 Å². The van der Waals surface area contributed by atoms with Crippen molar-refractivity contribution in [1.82, 2.24) is 4.98 Å². The molecule has 0 aliphatic heterocycles. The largest absolute Gasteiger partial charge is 0.397 e. The van der Waals surface area contributed by atoms with Gasteiger partial charge in [-0.3, -0.25) is 0 Å². The van der Waals surface area contributed by atoms with Gasteiger partial charge in [-0.25, -0.2) is 4.98 Å². The summed E-state index contributed by atoms with van der Waals surface area (Å²) in [5.74, 6) is 0.861. The molecule has 0 aliphatic rings. The number of rotatable bonds is 3. The van der Waals surface area contributed by atoms with Crippen molar-refractivity contribution >= 4 is 11.5 Å². The van der Waals surface area contributed by atoms with Gasteiger partial charge in [-0.05, 0) is 36.6 Å². The first-order chi connectivity index (χ1) is 8.16. The topological polar surface area (TPSA) is 50.9 Å². The lowest BCUT2D eigenvalue weighted by Gasteiger charge is -2.09. The average Bonchev–Trinajstić information content (AvgIpc) is 2.32. The lowest BCUT2D eigenvalue weighted by molar-refractivity contribution is 1.09. The number of nitrogens with two attached hydrogens (primary N) is 1. The quantitative estimate of drug-likeness (QED) is 0.847. The number of hydrogen-bond acceptors (Lipinski definition) is 3. The van der Waals surface area contributed by atoms with E-state index in [1.165, 1.54) is 11.1 Å². The Morgan fingerprint density at radius 1 is 1.18 bits per heavy atom. The van der Waals surface area contributed by atoms with Gasteiger partial charge in [0.1, 0.15) is 5.82 Å². The zero-order valence-corrected chi connectivity index (χ0v) is 10.2. The summed E-state index contributed by atoms with van der Waals surface area (Å²) in [6.07, 6.45) is 1.69. The van der Waals surface area contributed by atoms with E-state index in [4.69, 9.17) is 5.73 Å². The van der Waals surface area contributed by atoms with Gasteiger partial charge in [-0.1, -0.05) is 24.3 Å². The molecular weight excluding hydrogens is 210 g/mol. The minimum atomic E-state index is 0.728. The first-order valence-electron chi connectivity index (χ1n) is 5.67. The maximum absolute atomic E-state index is 5.73. The lowest BCUT2D eigenvalue weighted by Crippen LogP contribution is -2.03. The van der Waals surface area contributed by atoms with Gasteiger partial charge >= 0.3 is 0 Å². The fourth-order valence-corrected chi connectivity index (χ4v) is 1.66. The van der Waals surface area contributed by atoms with E-state index >= 15 is 0 Å². The van der Waals surface area contributed by atoms with Gasteiger partial charge in [-0.15, -0.1) is 0 Å². The highest BCUT2D eigenvalue weighted by Crippen LogP contribution is 2.15. The number of nitrogens with one attached hydrogen (secondary N) is 1. The van der Waals surface area contributed by atoms with Crippen LogP contribution >= 0.6 is 0 Å². The lowest BCUT2D eigenvalue weighted by atomic mass is 10.1. The van der Waals surface area contributed by atoms with Gasteiger partial charge in [0.05, 0.1) is 11.9 Å². The molecule has 0 amide bonds. The summed E-state index contributed by atoms with van der Waals surface area (Å²) in [5.41, 5.74) is 10.1. The van der Waals surface area contributed by atoms with Gasteiger partial charge in [0, 0.05) is 6.54 Å². The van der Waals surface area contributed by atoms with Crippen LogP contribution in [0.2, 0.25) is 0 Å². The molecule has 2 rings (SSSR count). The SMILES string of the molecule is Cc1cc(NCc2ccccc2C)ncc1N. The molecule has 0 aliphatic carbocycles. The number of aromatic nitrogens is 1. The molecule has 0 fully saturated rings. The second-order valence-corrected chi connectivity index (χ2v) is 4.21. The molecule has 0 unspecified atom stereocenters. The Kier molecular flexibility index (Phi) is 3.28. The minimum Gasteiger partial charge on any atom is -0.397 e. The van der Waals surface area contributed by atoms with Gasteiger partial charge in [0.15, 0.2) is 0 Å². The number of benzene rings is 1.